The predicted molar refractivity (Wildman–Crippen MR) is 84.4 cm³/mol. The van der Waals surface area contributed by atoms with Gasteiger partial charge in [-0.3, -0.25) is 14.9 Å². The van der Waals surface area contributed by atoms with Crippen LogP contribution in [0.5, 0.6) is 0 Å². The molecule has 0 aliphatic carbocycles. The lowest BCUT2D eigenvalue weighted by atomic mass is 10.4. The van der Waals surface area contributed by atoms with Crippen LogP contribution in [0, 0.1) is 0 Å². The van der Waals surface area contributed by atoms with Gasteiger partial charge in [0.2, 0.25) is 10.0 Å². The van der Waals surface area contributed by atoms with E-state index >= 15 is 0 Å². The Morgan fingerprint density at radius 2 is 1.79 bits per heavy atom. The predicted octanol–water partition coefficient (Wildman–Crippen LogP) is -0.256. The molecular weight excluding hydrogens is 338 g/mol. The smallest absolute Gasteiger partial charge is 0.321 e. The third-order valence-electron chi connectivity index (χ3n) is 2.63. The zero-order valence-electron chi connectivity index (χ0n) is 13.1. The number of urea groups is 1. The van der Waals surface area contributed by atoms with Crippen LogP contribution in [-0.4, -0.2) is 46.0 Å². The summed E-state index contributed by atoms with van der Waals surface area (Å²) >= 11 is 0. The molecule has 0 bridgehead atoms. The molecule has 0 aliphatic rings. The average Bonchev–Trinajstić information content (AvgIpc) is 2.54. The summed E-state index contributed by atoms with van der Waals surface area (Å²) in [4.78, 5) is 33.9. The molecule has 0 heterocycles. The standard InChI is InChI=1S/C14H19N3O6S/c1-2-15-14(20)17-12(18)10-23-13(19)8-9-16-24(21,22)11-6-4-3-5-7-11/h3-7,16H,2,8-10H2,1H3,(H2,15,17,18,20). The van der Waals surface area contributed by atoms with Crippen LogP contribution >= 0.6 is 0 Å². The molecule has 0 atom stereocenters. The second kappa shape index (κ2) is 9.63. The summed E-state index contributed by atoms with van der Waals surface area (Å²) in [5, 5.41) is 4.30. The van der Waals surface area contributed by atoms with Crippen molar-refractivity contribution in [3.63, 3.8) is 0 Å². The maximum atomic E-state index is 11.9. The van der Waals surface area contributed by atoms with Crippen molar-refractivity contribution in [2.75, 3.05) is 19.7 Å². The minimum Gasteiger partial charge on any atom is -0.456 e. The summed E-state index contributed by atoms with van der Waals surface area (Å²) in [6, 6.07) is 7.00. The largest absolute Gasteiger partial charge is 0.456 e. The van der Waals surface area contributed by atoms with E-state index in [1.165, 1.54) is 12.1 Å². The molecule has 3 amide bonds. The fourth-order valence-electron chi connectivity index (χ4n) is 1.56. The summed E-state index contributed by atoms with van der Waals surface area (Å²) < 4.78 is 30.7. The Kier molecular flexibility index (Phi) is 7.86. The van der Waals surface area contributed by atoms with E-state index in [2.05, 4.69) is 14.8 Å². The van der Waals surface area contributed by atoms with E-state index in [0.29, 0.717) is 6.54 Å². The molecule has 24 heavy (non-hydrogen) atoms. The third-order valence-corrected chi connectivity index (χ3v) is 4.11. The summed E-state index contributed by atoms with van der Waals surface area (Å²) in [7, 11) is -3.70. The number of esters is 1. The van der Waals surface area contributed by atoms with Gasteiger partial charge >= 0.3 is 12.0 Å². The molecule has 1 aromatic rings. The molecule has 1 rings (SSSR count). The van der Waals surface area contributed by atoms with E-state index in [1.54, 1.807) is 25.1 Å². The van der Waals surface area contributed by atoms with E-state index in [1.807, 2.05) is 5.32 Å². The van der Waals surface area contributed by atoms with E-state index in [-0.39, 0.29) is 17.9 Å². The Balaban J connectivity index is 2.29. The summed E-state index contributed by atoms with van der Waals surface area (Å²) in [5.74, 6) is -1.55. The Morgan fingerprint density at radius 3 is 2.42 bits per heavy atom. The quantitative estimate of drug-likeness (QED) is 0.550. The van der Waals surface area contributed by atoms with Gasteiger partial charge in [-0.15, -0.1) is 0 Å². The highest BCUT2D eigenvalue weighted by atomic mass is 32.2. The monoisotopic (exact) mass is 357 g/mol. The summed E-state index contributed by atoms with van der Waals surface area (Å²) in [5.41, 5.74) is 0. The van der Waals surface area contributed by atoms with Gasteiger partial charge in [-0.25, -0.2) is 17.9 Å². The maximum absolute atomic E-state index is 11.9. The number of benzene rings is 1. The van der Waals surface area contributed by atoms with Gasteiger partial charge in [-0.2, -0.15) is 0 Å². The Labute approximate surface area is 139 Å². The molecule has 0 spiro atoms. The maximum Gasteiger partial charge on any atom is 0.321 e. The van der Waals surface area contributed by atoms with Crippen molar-refractivity contribution < 1.29 is 27.5 Å². The van der Waals surface area contributed by atoms with Crippen LogP contribution in [0.4, 0.5) is 4.79 Å². The Bertz CT molecular complexity index is 675. The fraction of sp³-hybridized carbons (Fsp3) is 0.357. The van der Waals surface area contributed by atoms with E-state index in [0.717, 1.165) is 0 Å². The first-order valence-electron chi connectivity index (χ1n) is 7.13. The van der Waals surface area contributed by atoms with Crippen molar-refractivity contribution in [3.05, 3.63) is 30.3 Å². The van der Waals surface area contributed by atoms with Crippen LogP contribution in [0.2, 0.25) is 0 Å². The molecule has 0 aliphatic heterocycles. The average molecular weight is 357 g/mol. The summed E-state index contributed by atoms with van der Waals surface area (Å²) in [6.45, 7) is 1.23. The molecule has 3 N–H and O–H groups in total. The molecule has 10 heteroatoms. The summed E-state index contributed by atoms with van der Waals surface area (Å²) in [6.07, 6.45) is -0.250. The molecule has 9 nitrogen and oxygen atoms in total. The highest BCUT2D eigenvalue weighted by Crippen LogP contribution is 2.06. The second-order valence-electron chi connectivity index (χ2n) is 4.53. The zero-order valence-corrected chi connectivity index (χ0v) is 13.9. The lowest BCUT2D eigenvalue weighted by Crippen LogP contribution is -2.41. The number of ether oxygens (including phenoxy) is 1. The number of nitrogens with one attached hydrogen (secondary N) is 3. The van der Waals surface area contributed by atoms with Crippen molar-refractivity contribution in [3.8, 4) is 0 Å². The number of carbonyl (C=O) groups excluding carboxylic acids is 3. The highest BCUT2D eigenvalue weighted by molar-refractivity contribution is 7.89. The first-order valence-corrected chi connectivity index (χ1v) is 8.61. The van der Waals surface area contributed by atoms with E-state index < -0.39 is 34.5 Å². The first kappa shape index (κ1) is 19.6. The van der Waals surface area contributed by atoms with Crippen molar-refractivity contribution in [1.82, 2.24) is 15.4 Å². The van der Waals surface area contributed by atoms with E-state index in [9.17, 15) is 22.8 Å². The van der Waals surface area contributed by atoms with Gasteiger partial charge in [0.05, 0.1) is 11.3 Å². The van der Waals surface area contributed by atoms with Crippen LogP contribution in [0.1, 0.15) is 13.3 Å². The first-order chi connectivity index (χ1) is 11.3. The second-order valence-corrected chi connectivity index (χ2v) is 6.30. The molecular formula is C14H19N3O6S. The molecule has 0 radical (unpaired) electrons. The minimum atomic E-state index is -3.70. The molecule has 0 saturated heterocycles. The van der Waals surface area contributed by atoms with Crippen molar-refractivity contribution >= 4 is 27.9 Å². The number of carbonyl (C=O) groups is 3. The van der Waals surface area contributed by atoms with Crippen LogP contribution in [0.15, 0.2) is 35.2 Å². The van der Waals surface area contributed by atoms with Gasteiger partial charge in [0.1, 0.15) is 0 Å². The van der Waals surface area contributed by atoms with Gasteiger partial charge in [0.15, 0.2) is 6.61 Å². The molecule has 132 valence electrons. The Morgan fingerprint density at radius 1 is 1.12 bits per heavy atom. The van der Waals surface area contributed by atoms with Gasteiger partial charge < -0.3 is 10.1 Å². The lowest BCUT2D eigenvalue weighted by molar-refractivity contribution is -0.148. The van der Waals surface area contributed by atoms with Gasteiger partial charge in [-0.05, 0) is 19.1 Å². The Hall–Kier alpha value is -2.46. The van der Waals surface area contributed by atoms with Crippen LogP contribution in [0.25, 0.3) is 0 Å². The van der Waals surface area contributed by atoms with Gasteiger partial charge in [0.25, 0.3) is 5.91 Å². The van der Waals surface area contributed by atoms with Gasteiger partial charge in [0, 0.05) is 13.1 Å². The molecule has 0 saturated carbocycles. The van der Waals surface area contributed by atoms with Crippen LogP contribution in [0.3, 0.4) is 0 Å². The number of imide groups is 1. The third kappa shape index (κ3) is 7.20. The fourth-order valence-corrected chi connectivity index (χ4v) is 2.61. The van der Waals surface area contributed by atoms with Crippen LogP contribution in [-0.2, 0) is 24.3 Å². The zero-order chi connectivity index (χ0) is 18.0. The van der Waals surface area contributed by atoms with Crippen molar-refractivity contribution in [2.24, 2.45) is 0 Å². The number of hydrogen-bond donors (Lipinski definition) is 3. The molecule has 1 aromatic carbocycles. The van der Waals surface area contributed by atoms with Crippen molar-refractivity contribution in [2.45, 2.75) is 18.2 Å². The minimum absolute atomic E-state index is 0.0830. The topological polar surface area (TPSA) is 131 Å². The van der Waals surface area contributed by atoms with Crippen LogP contribution < -0.4 is 15.4 Å². The number of sulfonamides is 1. The molecule has 0 aromatic heterocycles. The number of amides is 3. The number of rotatable bonds is 8. The van der Waals surface area contributed by atoms with Crippen molar-refractivity contribution in [1.29, 1.82) is 0 Å². The SMILES string of the molecule is CCNC(=O)NC(=O)COC(=O)CCNS(=O)(=O)c1ccccc1. The molecule has 0 unspecified atom stereocenters. The molecule has 0 fully saturated rings. The van der Waals surface area contributed by atoms with E-state index in [4.69, 9.17) is 0 Å². The number of hydrogen-bond acceptors (Lipinski definition) is 6. The highest BCUT2D eigenvalue weighted by Gasteiger charge is 2.14. The van der Waals surface area contributed by atoms with Gasteiger partial charge in [-0.1, -0.05) is 18.2 Å². The normalized spacial score (nSPS) is 10.7. The lowest BCUT2D eigenvalue weighted by Gasteiger charge is -2.07.